The van der Waals surface area contributed by atoms with Crippen LogP contribution in [0.4, 0.5) is 13.2 Å². The number of fused-ring (bicyclic) bond motifs is 1. The van der Waals surface area contributed by atoms with Gasteiger partial charge in [-0.05, 0) is 43.7 Å². The molecule has 2 aliphatic rings. The van der Waals surface area contributed by atoms with Gasteiger partial charge < -0.3 is 15.7 Å². The largest absolute Gasteiger partial charge is 0.408 e. The van der Waals surface area contributed by atoms with Crippen molar-refractivity contribution in [1.82, 2.24) is 10.6 Å². The zero-order chi connectivity index (χ0) is 19.1. The van der Waals surface area contributed by atoms with Crippen molar-refractivity contribution in [1.29, 1.82) is 0 Å². The molecule has 142 valence electrons. The van der Waals surface area contributed by atoms with Crippen molar-refractivity contribution in [2.45, 2.75) is 57.0 Å². The quantitative estimate of drug-likeness (QED) is 0.700. The van der Waals surface area contributed by atoms with Crippen LogP contribution in [0.3, 0.4) is 0 Å². The third kappa shape index (κ3) is 3.70. The molecule has 2 amide bonds. The van der Waals surface area contributed by atoms with Crippen molar-refractivity contribution < 1.29 is 27.9 Å². The molecule has 0 spiro atoms. The summed E-state index contributed by atoms with van der Waals surface area (Å²) in [5, 5.41) is 14.8. The van der Waals surface area contributed by atoms with E-state index in [1.807, 2.05) is 30.4 Å². The van der Waals surface area contributed by atoms with E-state index in [-0.39, 0.29) is 18.9 Å². The van der Waals surface area contributed by atoms with Crippen molar-refractivity contribution in [3.63, 3.8) is 0 Å². The topological polar surface area (TPSA) is 78.4 Å². The maximum Gasteiger partial charge on any atom is 0.408 e. The van der Waals surface area contributed by atoms with Crippen LogP contribution in [0.25, 0.3) is 0 Å². The number of carbonyl (C=O) groups is 2. The van der Waals surface area contributed by atoms with Gasteiger partial charge in [0.05, 0.1) is 12.1 Å². The number of benzene rings is 1. The molecule has 1 heterocycles. The van der Waals surface area contributed by atoms with Gasteiger partial charge in [0.1, 0.15) is 12.0 Å². The fourth-order valence-corrected chi connectivity index (χ4v) is 3.66. The van der Waals surface area contributed by atoms with Gasteiger partial charge in [-0.1, -0.05) is 23.8 Å². The van der Waals surface area contributed by atoms with E-state index in [0.29, 0.717) is 12.8 Å². The molecule has 0 bridgehead atoms. The maximum atomic E-state index is 12.7. The number of hydrogen-bond acceptors (Lipinski definition) is 3. The molecule has 1 fully saturated rings. The fourth-order valence-electron chi connectivity index (χ4n) is 3.66. The molecule has 2 unspecified atom stereocenters. The standard InChI is InChI=1S/C18H21F3N2O3/c1-9-2-3-10-12(8-9)14(24)6-5-13(10)22-16(25)11-4-7-15(18(19,20)21)23-17(11)26/h2-3,8,11,13-15,24H,4-7H2,1H3,(H,22,25)(H,23,26)/t11?,13-,14-,15?/m1/s1. The zero-order valence-electron chi connectivity index (χ0n) is 14.3. The van der Waals surface area contributed by atoms with E-state index in [2.05, 4.69) is 5.32 Å². The maximum absolute atomic E-state index is 12.7. The second-order valence-corrected chi connectivity index (χ2v) is 7.02. The molecule has 0 radical (unpaired) electrons. The van der Waals surface area contributed by atoms with Crippen LogP contribution in [0.1, 0.15) is 54.5 Å². The van der Waals surface area contributed by atoms with Crippen molar-refractivity contribution in [2.24, 2.45) is 5.92 Å². The number of aliphatic hydroxyl groups excluding tert-OH is 1. The van der Waals surface area contributed by atoms with Gasteiger partial charge in [0.25, 0.3) is 0 Å². The van der Waals surface area contributed by atoms with E-state index >= 15 is 0 Å². The molecule has 0 saturated carbocycles. The Morgan fingerprint density at radius 2 is 1.92 bits per heavy atom. The molecule has 3 N–H and O–H groups in total. The Bertz CT molecular complexity index is 720. The molecule has 1 saturated heterocycles. The Labute approximate surface area is 149 Å². The monoisotopic (exact) mass is 370 g/mol. The summed E-state index contributed by atoms with van der Waals surface area (Å²) < 4.78 is 38.1. The van der Waals surface area contributed by atoms with Crippen LogP contribution in [0.2, 0.25) is 0 Å². The summed E-state index contributed by atoms with van der Waals surface area (Å²) >= 11 is 0. The normalized spacial score (nSPS) is 28.9. The number of piperidine rings is 1. The lowest BCUT2D eigenvalue weighted by molar-refractivity contribution is -0.171. The van der Waals surface area contributed by atoms with Crippen LogP contribution >= 0.6 is 0 Å². The molecule has 3 rings (SSSR count). The summed E-state index contributed by atoms with van der Waals surface area (Å²) in [6.07, 6.45) is -4.60. The van der Waals surface area contributed by atoms with Crippen LogP contribution < -0.4 is 10.6 Å². The Hall–Kier alpha value is -2.09. The smallest absolute Gasteiger partial charge is 0.388 e. The average Bonchev–Trinajstić information content (AvgIpc) is 2.56. The Morgan fingerprint density at radius 3 is 2.58 bits per heavy atom. The number of rotatable bonds is 2. The number of hydrogen-bond donors (Lipinski definition) is 3. The minimum Gasteiger partial charge on any atom is -0.388 e. The lowest BCUT2D eigenvalue weighted by Crippen LogP contribution is -2.54. The third-order valence-corrected chi connectivity index (χ3v) is 5.11. The lowest BCUT2D eigenvalue weighted by Gasteiger charge is -2.33. The molecule has 8 heteroatoms. The number of aryl methyl sites for hydroxylation is 1. The van der Waals surface area contributed by atoms with E-state index in [4.69, 9.17) is 0 Å². The van der Waals surface area contributed by atoms with E-state index in [1.165, 1.54) is 0 Å². The molecular formula is C18H21F3N2O3. The van der Waals surface area contributed by atoms with Crippen molar-refractivity contribution in [2.75, 3.05) is 0 Å². The predicted molar refractivity (Wildman–Crippen MR) is 87.0 cm³/mol. The van der Waals surface area contributed by atoms with E-state index < -0.39 is 36.1 Å². The number of carbonyl (C=O) groups excluding carboxylic acids is 2. The Kier molecular flexibility index (Phi) is 4.96. The van der Waals surface area contributed by atoms with E-state index in [9.17, 15) is 27.9 Å². The first-order chi connectivity index (χ1) is 12.2. The number of amides is 2. The number of halogens is 3. The SMILES string of the molecule is Cc1ccc2c(c1)[C@H](O)CC[C@H]2NC(=O)C1CCC(C(F)(F)F)NC1=O. The van der Waals surface area contributed by atoms with Crippen LogP contribution in [0, 0.1) is 12.8 Å². The van der Waals surface area contributed by atoms with Gasteiger partial charge in [-0.3, -0.25) is 9.59 Å². The average molecular weight is 370 g/mol. The molecule has 4 atom stereocenters. The third-order valence-electron chi connectivity index (χ3n) is 5.11. The van der Waals surface area contributed by atoms with Gasteiger partial charge in [0, 0.05) is 0 Å². The second kappa shape index (κ2) is 6.90. The number of aliphatic hydroxyl groups is 1. The highest BCUT2D eigenvalue weighted by Gasteiger charge is 2.46. The van der Waals surface area contributed by atoms with Gasteiger partial charge in [0.2, 0.25) is 11.8 Å². The molecule has 1 aromatic rings. The Balaban J connectivity index is 1.70. The summed E-state index contributed by atoms with van der Waals surface area (Å²) in [5.41, 5.74) is 2.51. The minimum absolute atomic E-state index is 0.141. The molecule has 1 aliphatic heterocycles. The highest BCUT2D eigenvalue weighted by Crippen LogP contribution is 2.37. The van der Waals surface area contributed by atoms with Crippen molar-refractivity contribution >= 4 is 11.8 Å². The van der Waals surface area contributed by atoms with Crippen LogP contribution in [0.15, 0.2) is 18.2 Å². The van der Waals surface area contributed by atoms with Gasteiger partial charge in [-0.15, -0.1) is 0 Å². The first kappa shape index (κ1) is 18.7. The van der Waals surface area contributed by atoms with Gasteiger partial charge in [0.15, 0.2) is 0 Å². The van der Waals surface area contributed by atoms with Crippen LogP contribution in [-0.2, 0) is 9.59 Å². The molecule has 26 heavy (non-hydrogen) atoms. The zero-order valence-corrected chi connectivity index (χ0v) is 14.3. The van der Waals surface area contributed by atoms with Gasteiger partial charge in [-0.2, -0.15) is 13.2 Å². The van der Waals surface area contributed by atoms with Gasteiger partial charge >= 0.3 is 6.18 Å². The van der Waals surface area contributed by atoms with Gasteiger partial charge in [-0.25, -0.2) is 0 Å². The number of alkyl halides is 3. The summed E-state index contributed by atoms with van der Waals surface area (Å²) in [4.78, 5) is 24.4. The highest BCUT2D eigenvalue weighted by molar-refractivity contribution is 6.01. The van der Waals surface area contributed by atoms with Crippen molar-refractivity contribution in [3.05, 3.63) is 34.9 Å². The second-order valence-electron chi connectivity index (χ2n) is 7.02. The minimum atomic E-state index is -4.51. The molecular weight excluding hydrogens is 349 g/mol. The molecule has 0 aromatic heterocycles. The van der Waals surface area contributed by atoms with Crippen LogP contribution in [-0.4, -0.2) is 29.1 Å². The summed E-state index contributed by atoms with van der Waals surface area (Å²) in [5.74, 6) is -2.60. The van der Waals surface area contributed by atoms with E-state index in [0.717, 1.165) is 16.7 Å². The number of nitrogens with one attached hydrogen (secondary N) is 2. The first-order valence-electron chi connectivity index (χ1n) is 8.63. The molecule has 1 aliphatic carbocycles. The summed E-state index contributed by atoms with van der Waals surface area (Å²) in [6, 6.07) is 3.30. The highest BCUT2D eigenvalue weighted by atomic mass is 19.4. The summed E-state index contributed by atoms with van der Waals surface area (Å²) in [6.45, 7) is 1.90. The van der Waals surface area contributed by atoms with Crippen molar-refractivity contribution in [3.8, 4) is 0 Å². The fraction of sp³-hybridized carbons (Fsp3) is 0.556. The van der Waals surface area contributed by atoms with E-state index in [1.54, 1.807) is 0 Å². The first-order valence-corrected chi connectivity index (χ1v) is 8.63. The lowest BCUT2D eigenvalue weighted by atomic mass is 9.84. The molecule has 1 aromatic carbocycles. The Morgan fingerprint density at radius 1 is 1.19 bits per heavy atom. The summed E-state index contributed by atoms with van der Waals surface area (Å²) in [7, 11) is 0. The van der Waals surface area contributed by atoms with Crippen LogP contribution in [0.5, 0.6) is 0 Å². The molecule has 5 nitrogen and oxygen atoms in total. The predicted octanol–water partition coefficient (Wildman–Crippen LogP) is 2.44.